The van der Waals surface area contributed by atoms with E-state index in [1.54, 1.807) is 19.1 Å². The average Bonchev–Trinajstić information content (AvgIpc) is 2.66. The maximum Gasteiger partial charge on any atom is 0.416 e. The molecule has 0 spiro atoms. The van der Waals surface area contributed by atoms with Crippen LogP contribution in [0.5, 0.6) is 0 Å². The minimum absolute atomic E-state index is 0.439. The highest BCUT2D eigenvalue weighted by Crippen LogP contribution is 2.33. The third-order valence-electron chi connectivity index (χ3n) is 4.76. The number of anilines is 1. The van der Waals surface area contributed by atoms with Crippen LogP contribution in [0.2, 0.25) is 0 Å². The van der Waals surface area contributed by atoms with Gasteiger partial charge in [0, 0.05) is 24.7 Å². The van der Waals surface area contributed by atoms with Crippen LogP contribution in [0.3, 0.4) is 0 Å². The number of alkyl halides is 3. The number of hydrogen-bond acceptors (Lipinski definition) is 3. The van der Waals surface area contributed by atoms with Gasteiger partial charge in [0.05, 0.1) is 11.3 Å². The molecule has 0 saturated heterocycles. The van der Waals surface area contributed by atoms with E-state index >= 15 is 0 Å². The fourth-order valence-electron chi connectivity index (χ4n) is 3.41. The van der Waals surface area contributed by atoms with Crippen LogP contribution in [0.25, 0.3) is 11.3 Å². The lowest BCUT2D eigenvalue weighted by Crippen LogP contribution is -2.31. The summed E-state index contributed by atoms with van der Waals surface area (Å²) < 4.78 is 39.1. The van der Waals surface area contributed by atoms with E-state index in [1.165, 1.54) is 17.2 Å². The lowest BCUT2D eigenvalue weighted by molar-refractivity contribution is -0.137. The van der Waals surface area contributed by atoms with Crippen molar-refractivity contribution in [2.24, 2.45) is 0 Å². The van der Waals surface area contributed by atoms with E-state index in [4.69, 9.17) is 0 Å². The van der Waals surface area contributed by atoms with Crippen LogP contribution in [0.15, 0.2) is 54.6 Å². The molecule has 3 nitrogen and oxygen atoms in total. The molecule has 2 aromatic carbocycles. The van der Waals surface area contributed by atoms with Gasteiger partial charge < -0.3 is 4.90 Å². The first kappa shape index (κ1) is 17.5. The number of benzene rings is 2. The lowest BCUT2D eigenvalue weighted by Gasteiger charge is -2.30. The summed E-state index contributed by atoms with van der Waals surface area (Å²) in [4.78, 5) is 11.0. The second-order valence-electron chi connectivity index (χ2n) is 6.68. The van der Waals surface area contributed by atoms with Gasteiger partial charge in [0.1, 0.15) is 11.6 Å². The molecule has 27 heavy (non-hydrogen) atoms. The zero-order valence-electron chi connectivity index (χ0n) is 14.8. The molecule has 0 saturated carbocycles. The molecule has 0 fully saturated rings. The van der Waals surface area contributed by atoms with Gasteiger partial charge >= 0.3 is 6.18 Å². The summed E-state index contributed by atoms with van der Waals surface area (Å²) in [5.74, 6) is 1.28. The smallest absolute Gasteiger partial charge is 0.352 e. The first-order valence-corrected chi connectivity index (χ1v) is 8.75. The topological polar surface area (TPSA) is 29.0 Å². The van der Waals surface area contributed by atoms with Crippen molar-refractivity contribution in [3.05, 3.63) is 77.1 Å². The minimum Gasteiger partial charge on any atom is -0.352 e. The maximum absolute atomic E-state index is 13.0. The number of aromatic nitrogens is 2. The third-order valence-corrected chi connectivity index (χ3v) is 4.76. The van der Waals surface area contributed by atoms with Crippen LogP contribution >= 0.6 is 0 Å². The first-order chi connectivity index (χ1) is 12.9. The quantitative estimate of drug-likeness (QED) is 0.634. The number of fused-ring (bicyclic) bond motifs is 1. The predicted molar refractivity (Wildman–Crippen MR) is 98.4 cm³/mol. The molecule has 3 aromatic rings. The maximum atomic E-state index is 13.0. The standard InChI is InChI=1S/C21H18F3N3/c1-14-25-19(16-7-4-8-18(11-16)21(22,23)24)12-20(26-14)27-10-9-15-5-2-3-6-17(15)13-27/h2-8,11-12H,9-10,13H2,1H3. The number of aryl methyl sites for hydroxylation is 1. The Kier molecular flexibility index (Phi) is 4.34. The van der Waals surface area contributed by atoms with Gasteiger partial charge in [0.2, 0.25) is 0 Å². The van der Waals surface area contributed by atoms with Crippen LogP contribution in [-0.2, 0) is 19.1 Å². The van der Waals surface area contributed by atoms with Gasteiger partial charge in [-0.3, -0.25) is 0 Å². The molecule has 0 aliphatic carbocycles. The van der Waals surface area contributed by atoms with Crippen LogP contribution in [0.4, 0.5) is 19.0 Å². The highest BCUT2D eigenvalue weighted by molar-refractivity contribution is 5.64. The zero-order valence-corrected chi connectivity index (χ0v) is 14.8. The summed E-state index contributed by atoms with van der Waals surface area (Å²) in [5.41, 5.74) is 2.85. The fourth-order valence-corrected chi connectivity index (χ4v) is 3.41. The Morgan fingerprint density at radius 2 is 1.70 bits per heavy atom. The molecule has 0 amide bonds. The monoisotopic (exact) mass is 369 g/mol. The Balaban J connectivity index is 1.69. The first-order valence-electron chi connectivity index (χ1n) is 8.75. The summed E-state index contributed by atoms with van der Waals surface area (Å²) in [6.07, 6.45) is -3.46. The summed E-state index contributed by atoms with van der Waals surface area (Å²) >= 11 is 0. The highest BCUT2D eigenvalue weighted by Gasteiger charge is 2.30. The number of rotatable bonds is 2. The summed E-state index contributed by atoms with van der Waals surface area (Å²) in [6.45, 7) is 3.31. The molecule has 6 heteroatoms. The van der Waals surface area contributed by atoms with Crippen molar-refractivity contribution in [1.82, 2.24) is 9.97 Å². The SMILES string of the molecule is Cc1nc(-c2cccc(C(F)(F)F)c2)cc(N2CCc3ccccc3C2)n1. The average molecular weight is 369 g/mol. The molecule has 138 valence electrons. The lowest BCUT2D eigenvalue weighted by atomic mass is 10.00. The largest absolute Gasteiger partial charge is 0.416 e. The predicted octanol–water partition coefficient (Wildman–Crippen LogP) is 5.03. The number of hydrogen-bond donors (Lipinski definition) is 0. The van der Waals surface area contributed by atoms with Gasteiger partial charge in [-0.2, -0.15) is 13.2 Å². The van der Waals surface area contributed by atoms with Crippen molar-refractivity contribution in [2.45, 2.75) is 26.1 Å². The zero-order chi connectivity index (χ0) is 19.0. The molecule has 0 radical (unpaired) electrons. The summed E-state index contributed by atoms with van der Waals surface area (Å²) in [5, 5.41) is 0. The van der Waals surface area contributed by atoms with E-state index in [9.17, 15) is 13.2 Å². The normalized spacial score (nSPS) is 14.1. The van der Waals surface area contributed by atoms with Crippen molar-refractivity contribution in [3.63, 3.8) is 0 Å². The van der Waals surface area contributed by atoms with Crippen molar-refractivity contribution >= 4 is 5.82 Å². The van der Waals surface area contributed by atoms with E-state index < -0.39 is 11.7 Å². The number of nitrogens with zero attached hydrogens (tertiary/aromatic N) is 3. The van der Waals surface area contributed by atoms with Crippen LogP contribution in [0.1, 0.15) is 22.5 Å². The van der Waals surface area contributed by atoms with Gasteiger partial charge in [0.15, 0.2) is 0 Å². The molecule has 4 rings (SSSR count). The van der Waals surface area contributed by atoms with E-state index in [2.05, 4.69) is 27.0 Å². The van der Waals surface area contributed by atoms with E-state index in [0.29, 0.717) is 17.1 Å². The van der Waals surface area contributed by atoms with Gasteiger partial charge in [-0.25, -0.2) is 9.97 Å². The van der Waals surface area contributed by atoms with Crippen molar-refractivity contribution in [2.75, 3.05) is 11.4 Å². The number of halogens is 3. The van der Waals surface area contributed by atoms with E-state index in [1.807, 2.05) is 12.1 Å². The molecule has 0 atom stereocenters. The van der Waals surface area contributed by atoms with Gasteiger partial charge in [-0.1, -0.05) is 36.4 Å². The highest BCUT2D eigenvalue weighted by atomic mass is 19.4. The minimum atomic E-state index is -4.38. The molecular formula is C21H18F3N3. The second-order valence-corrected chi connectivity index (χ2v) is 6.68. The third kappa shape index (κ3) is 3.65. The van der Waals surface area contributed by atoms with E-state index in [-0.39, 0.29) is 0 Å². The Labute approximate surface area is 155 Å². The van der Waals surface area contributed by atoms with Gasteiger partial charge in [0.25, 0.3) is 0 Å². The molecule has 0 unspecified atom stereocenters. The van der Waals surface area contributed by atoms with Gasteiger partial charge in [-0.05, 0) is 36.6 Å². The Morgan fingerprint density at radius 1 is 0.926 bits per heavy atom. The van der Waals surface area contributed by atoms with Crippen molar-refractivity contribution in [1.29, 1.82) is 0 Å². The summed E-state index contributed by atoms with van der Waals surface area (Å²) in [7, 11) is 0. The summed E-state index contributed by atoms with van der Waals surface area (Å²) in [6, 6.07) is 15.3. The van der Waals surface area contributed by atoms with Crippen molar-refractivity contribution < 1.29 is 13.2 Å². The second kappa shape index (κ2) is 6.68. The van der Waals surface area contributed by atoms with Crippen LogP contribution in [0, 0.1) is 6.92 Å². The van der Waals surface area contributed by atoms with Crippen LogP contribution < -0.4 is 4.90 Å². The Bertz CT molecular complexity index is 982. The molecule has 1 aromatic heterocycles. The van der Waals surface area contributed by atoms with Crippen LogP contribution in [-0.4, -0.2) is 16.5 Å². The molecule has 0 N–H and O–H groups in total. The Hall–Kier alpha value is -2.89. The fraction of sp³-hybridized carbons (Fsp3) is 0.238. The molecule has 2 heterocycles. The van der Waals surface area contributed by atoms with E-state index in [0.717, 1.165) is 37.5 Å². The molecule has 1 aliphatic heterocycles. The molecular weight excluding hydrogens is 351 g/mol. The van der Waals surface area contributed by atoms with Crippen molar-refractivity contribution in [3.8, 4) is 11.3 Å². The Morgan fingerprint density at radius 3 is 2.48 bits per heavy atom. The van der Waals surface area contributed by atoms with Gasteiger partial charge in [-0.15, -0.1) is 0 Å². The molecule has 1 aliphatic rings. The molecule has 0 bridgehead atoms.